The molecule has 0 heterocycles. The Morgan fingerprint density at radius 3 is 1.86 bits per heavy atom. The minimum Gasteiger partial charge on any atom is -0.352 e. The molecule has 7 heteroatoms. The second-order valence-corrected chi connectivity index (χ2v) is 6.45. The van der Waals surface area contributed by atoms with Gasteiger partial charge in [-0.15, -0.1) is 0 Å². The van der Waals surface area contributed by atoms with Crippen LogP contribution < -0.4 is 27.8 Å². The van der Waals surface area contributed by atoms with Crippen LogP contribution in [0.15, 0.2) is 0 Å². The molecule has 3 unspecified atom stereocenters. The van der Waals surface area contributed by atoms with E-state index < -0.39 is 11.1 Å². The Balaban J connectivity index is 4.50. The van der Waals surface area contributed by atoms with Crippen molar-refractivity contribution in [3.8, 4) is 0 Å². The standard InChI is InChI=1S/C15H33N5O2/c1-5-7-14(3,17)12(21)19-10-11(9-16)20-13(22)15(4,18)8-6-2/h11H,5-10,16-18H2,1-4H3,(H,19,21)(H,20,22). The summed E-state index contributed by atoms with van der Waals surface area (Å²) in [4.78, 5) is 24.2. The SMILES string of the molecule is CCCC(C)(N)C(=O)NCC(CN)NC(=O)C(C)(N)CCC. The molecule has 0 aliphatic heterocycles. The van der Waals surface area contributed by atoms with Crippen molar-refractivity contribution in [3.63, 3.8) is 0 Å². The number of nitrogens with one attached hydrogen (secondary N) is 2. The van der Waals surface area contributed by atoms with Gasteiger partial charge in [0.15, 0.2) is 0 Å². The molecule has 0 aromatic rings. The molecular weight excluding hydrogens is 282 g/mol. The van der Waals surface area contributed by atoms with Gasteiger partial charge in [0, 0.05) is 13.1 Å². The summed E-state index contributed by atoms with van der Waals surface area (Å²) in [7, 11) is 0. The first-order valence-corrected chi connectivity index (χ1v) is 7.97. The van der Waals surface area contributed by atoms with E-state index in [-0.39, 0.29) is 30.9 Å². The molecule has 0 aliphatic rings. The van der Waals surface area contributed by atoms with E-state index in [2.05, 4.69) is 10.6 Å². The van der Waals surface area contributed by atoms with E-state index in [4.69, 9.17) is 17.2 Å². The summed E-state index contributed by atoms with van der Waals surface area (Å²) < 4.78 is 0. The molecule has 22 heavy (non-hydrogen) atoms. The molecule has 0 spiro atoms. The van der Waals surface area contributed by atoms with Gasteiger partial charge in [-0.2, -0.15) is 0 Å². The van der Waals surface area contributed by atoms with Crippen LogP contribution in [0.4, 0.5) is 0 Å². The topological polar surface area (TPSA) is 136 Å². The fourth-order valence-electron chi connectivity index (χ4n) is 2.23. The number of amides is 2. The molecule has 8 N–H and O–H groups in total. The van der Waals surface area contributed by atoms with Crippen LogP contribution in [0.2, 0.25) is 0 Å². The molecular formula is C15H33N5O2. The number of rotatable bonds is 10. The monoisotopic (exact) mass is 315 g/mol. The molecule has 0 rings (SSSR count). The zero-order chi connectivity index (χ0) is 17.4. The van der Waals surface area contributed by atoms with E-state index in [9.17, 15) is 9.59 Å². The Hall–Kier alpha value is -1.18. The van der Waals surface area contributed by atoms with Crippen LogP contribution in [0.25, 0.3) is 0 Å². The van der Waals surface area contributed by atoms with E-state index >= 15 is 0 Å². The molecule has 0 radical (unpaired) electrons. The van der Waals surface area contributed by atoms with Crippen LogP contribution in [0.5, 0.6) is 0 Å². The van der Waals surface area contributed by atoms with Gasteiger partial charge in [0.05, 0.1) is 17.1 Å². The van der Waals surface area contributed by atoms with Crippen LogP contribution in [-0.2, 0) is 9.59 Å². The summed E-state index contributed by atoms with van der Waals surface area (Å²) in [5.41, 5.74) is 15.7. The van der Waals surface area contributed by atoms with Crippen molar-refractivity contribution >= 4 is 11.8 Å². The fourth-order valence-corrected chi connectivity index (χ4v) is 2.23. The fraction of sp³-hybridized carbons (Fsp3) is 0.867. The zero-order valence-electron chi connectivity index (χ0n) is 14.4. The zero-order valence-corrected chi connectivity index (χ0v) is 14.4. The van der Waals surface area contributed by atoms with Gasteiger partial charge in [0.25, 0.3) is 0 Å². The van der Waals surface area contributed by atoms with Gasteiger partial charge in [-0.3, -0.25) is 9.59 Å². The molecule has 0 saturated heterocycles. The van der Waals surface area contributed by atoms with E-state index in [1.165, 1.54) is 0 Å². The first-order valence-electron chi connectivity index (χ1n) is 7.97. The highest BCUT2D eigenvalue weighted by Gasteiger charge is 2.30. The lowest BCUT2D eigenvalue weighted by Gasteiger charge is -2.28. The Kier molecular flexibility index (Phi) is 8.58. The number of hydrogen-bond acceptors (Lipinski definition) is 5. The first-order chi connectivity index (χ1) is 10.1. The molecule has 0 fully saturated rings. The lowest BCUT2D eigenvalue weighted by atomic mass is 9.95. The Labute approximate surface area is 133 Å². The van der Waals surface area contributed by atoms with Crippen molar-refractivity contribution in [3.05, 3.63) is 0 Å². The van der Waals surface area contributed by atoms with Crippen molar-refractivity contribution in [1.29, 1.82) is 0 Å². The maximum Gasteiger partial charge on any atom is 0.240 e. The van der Waals surface area contributed by atoms with Gasteiger partial charge < -0.3 is 27.8 Å². The third kappa shape index (κ3) is 6.72. The average molecular weight is 315 g/mol. The Morgan fingerprint density at radius 1 is 1.00 bits per heavy atom. The summed E-state index contributed by atoms with van der Waals surface area (Å²) in [6.07, 6.45) is 2.81. The van der Waals surface area contributed by atoms with Crippen molar-refractivity contribution < 1.29 is 9.59 Å². The second-order valence-electron chi connectivity index (χ2n) is 6.45. The number of nitrogens with two attached hydrogens (primary N) is 3. The van der Waals surface area contributed by atoms with Gasteiger partial charge in [0.2, 0.25) is 11.8 Å². The van der Waals surface area contributed by atoms with E-state index in [0.717, 1.165) is 12.8 Å². The summed E-state index contributed by atoms with van der Waals surface area (Å²) in [5.74, 6) is -0.505. The summed E-state index contributed by atoms with van der Waals surface area (Å²) in [5, 5.41) is 5.53. The smallest absolute Gasteiger partial charge is 0.240 e. The quantitative estimate of drug-likeness (QED) is 0.373. The third-order valence-electron chi connectivity index (χ3n) is 3.70. The maximum atomic E-state index is 12.1. The Bertz CT molecular complexity index is 369. The lowest BCUT2D eigenvalue weighted by Crippen LogP contribution is -2.59. The lowest BCUT2D eigenvalue weighted by molar-refractivity contribution is -0.128. The largest absolute Gasteiger partial charge is 0.352 e. The molecule has 3 atom stereocenters. The van der Waals surface area contributed by atoms with E-state index in [1.807, 2.05) is 13.8 Å². The van der Waals surface area contributed by atoms with Gasteiger partial charge in [-0.25, -0.2) is 0 Å². The van der Waals surface area contributed by atoms with Crippen LogP contribution in [0, 0.1) is 0 Å². The highest BCUT2D eigenvalue weighted by atomic mass is 16.2. The molecule has 0 aromatic heterocycles. The third-order valence-corrected chi connectivity index (χ3v) is 3.70. The van der Waals surface area contributed by atoms with Crippen molar-refractivity contribution in [2.45, 2.75) is 70.5 Å². The van der Waals surface area contributed by atoms with Gasteiger partial charge in [0.1, 0.15) is 0 Å². The highest BCUT2D eigenvalue weighted by Crippen LogP contribution is 2.09. The molecule has 2 amide bonds. The molecule has 0 aliphatic carbocycles. The molecule has 130 valence electrons. The predicted molar refractivity (Wildman–Crippen MR) is 89.0 cm³/mol. The Morgan fingerprint density at radius 2 is 1.45 bits per heavy atom. The van der Waals surface area contributed by atoms with Crippen LogP contribution in [-0.4, -0.2) is 42.0 Å². The first kappa shape index (κ1) is 20.8. The van der Waals surface area contributed by atoms with Crippen molar-refractivity contribution in [2.75, 3.05) is 13.1 Å². The van der Waals surface area contributed by atoms with Gasteiger partial charge >= 0.3 is 0 Å². The minimum atomic E-state index is -0.934. The van der Waals surface area contributed by atoms with Crippen LogP contribution in [0.1, 0.15) is 53.4 Å². The predicted octanol–water partition coefficient (Wildman–Crippen LogP) is -0.419. The highest BCUT2D eigenvalue weighted by molar-refractivity contribution is 5.87. The average Bonchev–Trinajstić information content (AvgIpc) is 2.42. The van der Waals surface area contributed by atoms with Crippen LogP contribution in [0.3, 0.4) is 0 Å². The maximum absolute atomic E-state index is 12.1. The summed E-state index contributed by atoms with van der Waals surface area (Å²) >= 11 is 0. The van der Waals surface area contributed by atoms with Crippen molar-refractivity contribution in [1.82, 2.24) is 10.6 Å². The summed E-state index contributed by atoms with van der Waals surface area (Å²) in [6, 6.07) is -0.367. The molecule has 0 saturated carbocycles. The second kappa shape index (κ2) is 9.07. The van der Waals surface area contributed by atoms with Crippen LogP contribution >= 0.6 is 0 Å². The van der Waals surface area contributed by atoms with Crippen molar-refractivity contribution in [2.24, 2.45) is 17.2 Å². The van der Waals surface area contributed by atoms with Gasteiger partial charge in [-0.05, 0) is 26.7 Å². The number of carbonyl (C=O) groups is 2. The van der Waals surface area contributed by atoms with E-state index in [1.54, 1.807) is 13.8 Å². The van der Waals surface area contributed by atoms with Gasteiger partial charge in [-0.1, -0.05) is 26.7 Å². The molecule has 7 nitrogen and oxygen atoms in total. The number of carbonyl (C=O) groups excluding carboxylic acids is 2. The molecule has 0 bridgehead atoms. The normalized spacial score (nSPS) is 18.0. The molecule has 0 aromatic carbocycles. The summed E-state index contributed by atoms with van der Waals surface area (Å²) in [6.45, 7) is 7.77. The van der Waals surface area contributed by atoms with E-state index in [0.29, 0.717) is 12.8 Å². The minimum absolute atomic E-state index is 0.212. The number of hydrogen-bond donors (Lipinski definition) is 5.